The number of esters is 1. The summed E-state index contributed by atoms with van der Waals surface area (Å²) in [5.41, 5.74) is 1.12. The van der Waals surface area contributed by atoms with E-state index in [1.807, 2.05) is 0 Å². The van der Waals surface area contributed by atoms with Gasteiger partial charge in [-0.25, -0.2) is 4.79 Å². The van der Waals surface area contributed by atoms with Crippen LogP contribution in [0.5, 0.6) is 5.75 Å². The van der Waals surface area contributed by atoms with Gasteiger partial charge in [0.05, 0.1) is 32.1 Å². The Kier molecular flexibility index (Phi) is 2.87. The second-order valence-electron chi connectivity index (χ2n) is 4.20. The van der Waals surface area contributed by atoms with Crippen molar-refractivity contribution in [2.75, 3.05) is 14.2 Å². The van der Waals surface area contributed by atoms with Gasteiger partial charge in [0.15, 0.2) is 17.4 Å². The van der Waals surface area contributed by atoms with Gasteiger partial charge in [-0.05, 0) is 12.1 Å². The summed E-state index contributed by atoms with van der Waals surface area (Å²) >= 11 is 0. The second-order valence-corrected chi connectivity index (χ2v) is 4.20. The first-order chi connectivity index (χ1) is 9.69. The number of carbonyl (C=O) groups excluding carboxylic acids is 1. The molecule has 0 saturated carbocycles. The van der Waals surface area contributed by atoms with Crippen LogP contribution in [0.3, 0.4) is 0 Å². The van der Waals surface area contributed by atoms with Crippen LogP contribution < -0.4 is 4.74 Å². The van der Waals surface area contributed by atoms with Crippen molar-refractivity contribution in [3.63, 3.8) is 0 Å². The first-order valence-corrected chi connectivity index (χ1v) is 5.89. The Morgan fingerprint density at radius 2 is 1.80 bits per heavy atom. The number of hydrogen-bond acceptors (Lipinski definition) is 6. The summed E-state index contributed by atoms with van der Waals surface area (Å²) in [4.78, 5) is 11.6. The number of ether oxygens (including phenoxy) is 2. The molecule has 20 heavy (non-hydrogen) atoms. The van der Waals surface area contributed by atoms with Crippen molar-refractivity contribution >= 4 is 27.9 Å². The smallest absolute Gasteiger partial charge is 0.339 e. The van der Waals surface area contributed by atoms with E-state index in [1.165, 1.54) is 26.7 Å². The maximum atomic E-state index is 11.6. The third kappa shape index (κ3) is 1.58. The summed E-state index contributed by atoms with van der Waals surface area (Å²) in [6, 6.07) is 3.32. The topological polar surface area (TPSA) is 82.0 Å². The lowest BCUT2D eigenvalue weighted by Gasteiger charge is -2.12. The molecule has 0 amide bonds. The minimum absolute atomic E-state index is 0.307. The Hall–Kier alpha value is -2.47. The highest BCUT2D eigenvalue weighted by Crippen LogP contribution is 2.41. The molecule has 1 aromatic carbocycles. The van der Waals surface area contributed by atoms with E-state index < -0.39 is 12.1 Å². The molecule has 0 aliphatic rings. The first kappa shape index (κ1) is 12.6. The van der Waals surface area contributed by atoms with Gasteiger partial charge in [-0.15, -0.1) is 0 Å². The summed E-state index contributed by atoms with van der Waals surface area (Å²) < 4.78 is 20.7. The lowest BCUT2D eigenvalue weighted by Crippen LogP contribution is -2.14. The van der Waals surface area contributed by atoms with Crippen LogP contribution >= 0.6 is 0 Å². The van der Waals surface area contributed by atoms with Gasteiger partial charge in [0, 0.05) is 10.9 Å². The SMILES string of the molecule is COC(=O)C(O)c1c2ccoc2c(OC)c2ccoc12. The molecule has 2 heterocycles. The predicted octanol–water partition coefficient (Wildman–Crippen LogP) is 2.39. The first-order valence-electron chi connectivity index (χ1n) is 5.89. The quantitative estimate of drug-likeness (QED) is 0.740. The van der Waals surface area contributed by atoms with Gasteiger partial charge >= 0.3 is 5.97 Å². The molecule has 1 atom stereocenters. The molecule has 3 aromatic rings. The van der Waals surface area contributed by atoms with Crippen LogP contribution in [0, 0.1) is 0 Å². The molecular formula is C14H12O6. The highest BCUT2D eigenvalue weighted by Gasteiger charge is 2.28. The fourth-order valence-corrected chi connectivity index (χ4v) is 2.34. The molecule has 0 aliphatic carbocycles. The largest absolute Gasteiger partial charge is 0.492 e. The predicted molar refractivity (Wildman–Crippen MR) is 69.5 cm³/mol. The minimum atomic E-state index is -1.46. The number of carbonyl (C=O) groups is 1. The van der Waals surface area contributed by atoms with Crippen molar-refractivity contribution in [3.05, 3.63) is 30.2 Å². The molecular weight excluding hydrogens is 264 g/mol. The van der Waals surface area contributed by atoms with Crippen molar-refractivity contribution in [1.82, 2.24) is 0 Å². The van der Waals surface area contributed by atoms with E-state index in [0.717, 1.165) is 0 Å². The number of benzene rings is 1. The zero-order chi connectivity index (χ0) is 14.3. The Balaban J connectivity index is 2.41. The Bertz CT molecular complexity index is 730. The summed E-state index contributed by atoms with van der Waals surface area (Å²) in [5, 5.41) is 11.3. The van der Waals surface area contributed by atoms with Crippen LogP contribution in [0.1, 0.15) is 11.7 Å². The normalized spacial score (nSPS) is 12.8. The number of hydrogen-bond donors (Lipinski definition) is 1. The standard InChI is InChI=1S/C14H12O6/c1-17-12-8-4-6-19-11(8)9(10(15)14(16)18-2)7-3-5-20-13(7)12/h3-6,10,15H,1-2H3. The van der Waals surface area contributed by atoms with Crippen LogP contribution in [-0.2, 0) is 9.53 Å². The van der Waals surface area contributed by atoms with E-state index >= 15 is 0 Å². The molecule has 0 fully saturated rings. The molecule has 6 nitrogen and oxygen atoms in total. The molecule has 0 aliphatic heterocycles. The number of methoxy groups -OCH3 is 2. The monoisotopic (exact) mass is 276 g/mol. The van der Waals surface area contributed by atoms with Gasteiger partial charge in [0.25, 0.3) is 0 Å². The molecule has 6 heteroatoms. The third-order valence-corrected chi connectivity index (χ3v) is 3.22. The van der Waals surface area contributed by atoms with Gasteiger partial charge in [-0.3, -0.25) is 0 Å². The number of fused-ring (bicyclic) bond motifs is 2. The number of rotatable bonds is 3. The lowest BCUT2D eigenvalue weighted by molar-refractivity contribution is -0.150. The molecule has 0 bridgehead atoms. The van der Waals surface area contributed by atoms with E-state index in [9.17, 15) is 9.90 Å². The molecule has 0 saturated heterocycles. The van der Waals surface area contributed by atoms with E-state index in [1.54, 1.807) is 12.1 Å². The Morgan fingerprint density at radius 3 is 2.45 bits per heavy atom. The van der Waals surface area contributed by atoms with Gasteiger partial charge in [0.1, 0.15) is 5.58 Å². The highest BCUT2D eigenvalue weighted by atomic mass is 16.5. The molecule has 0 spiro atoms. The molecule has 104 valence electrons. The van der Waals surface area contributed by atoms with Crippen molar-refractivity contribution in [1.29, 1.82) is 0 Å². The van der Waals surface area contributed by atoms with Crippen LogP contribution in [0.25, 0.3) is 21.9 Å². The van der Waals surface area contributed by atoms with E-state index in [4.69, 9.17) is 13.6 Å². The molecule has 1 N–H and O–H groups in total. The van der Waals surface area contributed by atoms with Crippen molar-refractivity contribution in [3.8, 4) is 5.75 Å². The average Bonchev–Trinajstić information content (AvgIpc) is 3.11. The van der Waals surface area contributed by atoms with E-state index in [0.29, 0.717) is 33.3 Å². The number of aliphatic hydroxyl groups is 1. The molecule has 1 unspecified atom stereocenters. The third-order valence-electron chi connectivity index (χ3n) is 3.22. The van der Waals surface area contributed by atoms with Crippen LogP contribution in [0.2, 0.25) is 0 Å². The van der Waals surface area contributed by atoms with Crippen LogP contribution in [0.4, 0.5) is 0 Å². The second kappa shape index (κ2) is 4.57. The number of furan rings is 2. The van der Waals surface area contributed by atoms with Gasteiger partial charge in [-0.2, -0.15) is 0 Å². The van der Waals surface area contributed by atoms with Crippen molar-refractivity contribution < 1.29 is 28.2 Å². The van der Waals surface area contributed by atoms with E-state index in [2.05, 4.69) is 4.74 Å². The average molecular weight is 276 g/mol. The zero-order valence-electron chi connectivity index (χ0n) is 10.9. The maximum Gasteiger partial charge on any atom is 0.339 e. The molecule has 0 radical (unpaired) electrons. The molecule has 3 rings (SSSR count). The zero-order valence-corrected chi connectivity index (χ0v) is 10.9. The lowest BCUT2D eigenvalue weighted by atomic mass is 10.0. The van der Waals surface area contributed by atoms with Crippen LogP contribution in [0.15, 0.2) is 33.5 Å². The maximum absolute atomic E-state index is 11.6. The van der Waals surface area contributed by atoms with Gasteiger partial charge < -0.3 is 23.4 Å². The van der Waals surface area contributed by atoms with Crippen molar-refractivity contribution in [2.24, 2.45) is 0 Å². The van der Waals surface area contributed by atoms with Crippen molar-refractivity contribution in [2.45, 2.75) is 6.10 Å². The van der Waals surface area contributed by atoms with Gasteiger partial charge in [-0.1, -0.05) is 0 Å². The number of aliphatic hydroxyl groups excluding tert-OH is 1. The summed E-state index contributed by atoms with van der Waals surface area (Å²) in [6.07, 6.45) is 1.46. The minimum Gasteiger partial charge on any atom is -0.492 e. The van der Waals surface area contributed by atoms with E-state index in [-0.39, 0.29) is 0 Å². The fraction of sp³-hybridized carbons (Fsp3) is 0.214. The summed E-state index contributed by atoms with van der Waals surface area (Å²) in [6.45, 7) is 0. The Labute approximate surface area is 113 Å². The summed E-state index contributed by atoms with van der Waals surface area (Å²) in [5.74, 6) is -0.273. The summed E-state index contributed by atoms with van der Waals surface area (Å²) in [7, 11) is 2.72. The Morgan fingerprint density at radius 1 is 1.15 bits per heavy atom. The van der Waals surface area contributed by atoms with Crippen LogP contribution in [-0.4, -0.2) is 25.3 Å². The van der Waals surface area contributed by atoms with Gasteiger partial charge in [0.2, 0.25) is 0 Å². The molecule has 2 aromatic heterocycles. The fourth-order valence-electron chi connectivity index (χ4n) is 2.34. The highest BCUT2D eigenvalue weighted by molar-refractivity contribution is 6.06.